The van der Waals surface area contributed by atoms with Crippen molar-refractivity contribution in [2.45, 2.75) is 12.4 Å². The Bertz CT molecular complexity index is 735. The molecule has 0 aliphatic heterocycles. The minimum Gasteiger partial charge on any atom is -0.322 e. The van der Waals surface area contributed by atoms with Crippen LogP contribution in [0.1, 0.15) is 10.7 Å². The quantitative estimate of drug-likeness (QED) is 0.518. The highest BCUT2D eigenvalue weighted by Crippen LogP contribution is 2.26. The summed E-state index contributed by atoms with van der Waals surface area (Å²) in [5.74, 6) is 1.32. The van der Waals surface area contributed by atoms with E-state index in [1.54, 1.807) is 11.3 Å². The van der Waals surface area contributed by atoms with Crippen LogP contribution < -0.4 is 0 Å². The van der Waals surface area contributed by atoms with Crippen molar-refractivity contribution in [3.63, 3.8) is 0 Å². The highest BCUT2D eigenvalue weighted by molar-refractivity contribution is 9.10. The van der Waals surface area contributed by atoms with Gasteiger partial charge in [0, 0.05) is 19.2 Å². The van der Waals surface area contributed by atoms with Crippen molar-refractivity contribution in [3.8, 4) is 0 Å². The van der Waals surface area contributed by atoms with E-state index in [0.717, 1.165) is 32.3 Å². The Morgan fingerprint density at radius 1 is 1.21 bits per heavy atom. The largest absolute Gasteiger partial charge is 0.322 e. The van der Waals surface area contributed by atoms with E-state index < -0.39 is 0 Å². The first-order valence-electron chi connectivity index (χ1n) is 5.61. The molecule has 19 heavy (non-hydrogen) atoms. The molecule has 3 aromatic rings. The molecule has 0 atom stereocenters. The van der Waals surface area contributed by atoms with Gasteiger partial charge in [-0.05, 0) is 40.2 Å². The summed E-state index contributed by atoms with van der Waals surface area (Å²) in [5, 5.41) is 2.09. The number of aromatic nitrogens is 2. The summed E-state index contributed by atoms with van der Waals surface area (Å²) >= 11 is 14.7. The molecule has 0 aliphatic rings. The summed E-state index contributed by atoms with van der Waals surface area (Å²) in [6.07, 6.45) is 0. The van der Waals surface area contributed by atoms with Gasteiger partial charge in [0.2, 0.25) is 0 Å². The van der Waals surface area contributed by atoms with E-state index in [1.807, 2.05) is 12.1 Å². The minimum absolute atomic E-state index is 0.416. The summed E-state index contributed by atoms with van der Waals surface area (Å²) in [7, 11) is 0. The number of hydrogen-bond acceptors (Lipinski definition) is 2. The molecule has 0 unspecified atom stereocenters. The van der Waals surface area contributed by atoms with Gasteiger partial charge in [0.05, 0.1) is 23.5 Å². The van der Waals surface area contributed by atoms with Crippen LogP contribution in [0.2, 0.25) is 0 Å². The molecule has 3 rings (SSSR count). The zero-order valence-electron chi connectivity index (χ0n) is 9.74. The van der Waals surface area contributed by atoms with Crippen LogP contribution >= 0.6 is 54.8 Å². The van der Waals surface area contributed by atoms with Gasteiger partial charge in [-0.25, -0.2) is 4.98 Å². The number of nitrogens with zero attached hydrogens (tertiary/aromatic N) is 2. The lowest BCUT2D eigenvalue weighted by Gasteiger charge is -2.05. The SMILES string of the molecule is ClCc1nc2cc(Br)ccc2n1Cc1cc(Br)cs1. The predicted molar refractivity (Wildman–Crippen MR) is 88.1 cm³/mol. The summed E-state index contributed by atoms with van der Waals surface area (Å²) < 4.78 is 4.32. The fraction of sp³-hybridized carbons (Fsp3) is 0.154. The summed E-state index contributed by atoms with van der Waals surface area (Å²) in [6.45, 7) is 0.802. The first-order valence-corrected chi connectivity index (χ1v) is 8.61. The lowest BCUT2D eigenvalue weighted by Crippen LogP contribution is -2.02. The summed E-state index contributed by atoms with van der Waals surface area (Å²) in [5.41, 5.74) is 2.09. The second-order valence-corrected chi connectivity index (χ2v) is 7.21. The molecule has 0 aliphatic carbocycles. The number of imidazole rings is 1. The van der Waals surface area contributed by atoms with Crippen LogP contribution in [0.15, 0.2) is 38.6 Å². The zero-order chi connectivity index (χ0) is 13.4. The summed E-state index contributed by atoms with van der Waals surface area (Å²) in [6, 6.07) is 8.26. The third-order valence-electron chi connectivity index (χ3n) is 2.84. The van der Waals surface area contributed by atoms with E-state index in [1.165, 1.54) is 4.88 Å². The van der Waals surface area contributed by atoms with Gasteiger partial charge in [-0.1, -0.05) is 15.9 Å². The van der Waals surface area contributed by atoms with Crippen LogP contribution in [-0.2, 0) is 12.4 Å². The smallest absolute Gasteiger partial charge is 0.125 e. The van der Waals surface area contributed by atoms with Gasteiger partial charge in [0.1, 0.15) is 5.82 Å². The van der Waals surface area contributed by atoms with Crippen molar-refractivity contribution in [2.24, 2.45) is 0 Å². The molecule has 98 valence electrons. The highest BCUT2D eigenvalue weighted by Gasteiger charge is 2.11. The third kappa shape index (κ3) is 2.75. The molecular formula is C13H9Br2ClN2S. The van der Waals surface area contributed by atoms with Gasteiger partial charge in [0.25, 0.3) is 0 Å². The second-order valence-electron chi connectivity index (χ2n) is 4.11. The molecule has 2 heterocycles. The monoisotopic (exact) mass is 418 g/mol. The van der Waals surface area contributed by atoms with E-state index in [9.17, 15) is 0 Å². The number of fused-ring (bicyclic) bond motifs is 1. The van der Waals surface area contributed by atoms with Crippen molar-refractivity contribution in [3.05, 3.63) is 49.3 Å². The van der Waals surface area contributed by atoms with Gasteiger partial charge in [-0.15, -0.1) is 22.9 Å². The highest BCUT2D eigenvalue weighted by atomic mass is 79.9. The molecule has 2 nitrogen and oxygen atoms in total. The number of benzene rings is 1. The van der Waals surface area contributed by atoms with Gasteiger partial charge in [-0.3, -0.25) is 0 Å². The molecular weight excluding hydrogens is 411 g/mol. The van der Waals surface area contributed by atoms with Crippen LogP contribution in [-0.4, -0.2) is 9.55 Å². The molecule has 0 saturated heterocycles. The van der Waals surface area contributed by atoms with Crippen LogP contribution in [0.25, 0.3) is 11.0 Å². The van der Waals surface area contributed by atoms with E-state index >= 15 is 0 Å². The predicted octanol–water partition coefficient (Wildman–Crippen LogP) is 5.41. The second kappa shape index (κ2) is 5.56. The maximum absolute atomic E-state index is 6.01. The minimum atomic E-state index is 0.416. The Kier molecular flexibility index (Phi) is 3.98. The Labute approximate surface area is 136 Å². The van der Waals surface area contributed by atoms with Gasteiger partial charge in [-0.2, -0.15) is 0 Å². The van der Waals surface area contributed by atoms with E-state index in [0.29, 0.717) is 5.88 Å². The number of rotatable bonds is 3. The Morgan fingerprint density at radius 3 is 2.74 bits per heavy atom. The number of halogens is 3. The third-order valence-corrected chi connectivity index (χ3v) is 5.26. The van der Waals surface area contributed by atoms with Crippen molar-refractivity contribution in [1.29, 1.82) is 0 Å². The molecule has 6 heteroatoms. The average Bonchev–Trinajstić information content (AvgIpc) is 2.94. The molecule has 1 aromatic carbocycles. The number of alkyl halides is 1. The van der Waals surface area contributed by atoms with Crippen molar-refractivity contribution < 1.29 is 0 Å². The lowest BCUT2D eigenvalue weighted by atomic mass is 10.3. The van der Waals surface area contributed by atoms with Crippen molar-refractivity contribution in [2.75, 3.05) is 0 Å². The van der Waals surface area contributed by atoms with Crippen molar-refractivity contribution in [1.82, 2.24) is 9.55 Å². The normalized spacial score (nSPS) is 11.3. The molecule has 0 fully saturated rings. The van der Waals surface area contributed by atoms with Crippen LogP contribution in [0.3, 0.4) is 0 Å². The molecule has 0 radical (unpaired) electrons. The summed E-state index contributed by atoms with van der Waals surface area (Å²) in [4.78, 5) is 5.87. The zero-order valence-corrected chi connectivity index (χ0v) is 14.5. The Hall–Kier alpha value is -0.360. The fourth-order valence-electron chi connectivity index (χ4n) is 2.02. The molecule has 0 spiro atoms. The van der Waals surface area contributed by atoms with Gasteiger partial charge in [0.15, 0.2) is 0 Å². The maximum Gasteiger partial charge on any atom is 0.125 e. The van der Waals surface area contributed by atoms with Gasteiger partial charge >= 0.3 is 0 Å². The molecule has 0 bridgehead atoms. The van der Waals surface area contributed by atoms with Crippen LogP contribution in [0, 0.1) is 0 Å². The lowest BCUT2D eigenvalue weighted by molar-refractivity contribution is 0.789. The number of thiophene rings is 1. The van der Waals surface area contributed by atoms with E-state index in [2.05, 4.69) is 58.9 Å². The fourth-order valence-corrected chi connectivity index (χ4v) is 4.02. The maximum atomic E-state index is 6.01. The van der Waals surface area contributed by atoms with E-state index in [4.69, 9.17) is 11.6 Å². The first kappa shape index (κ1) is 13.6. The molecule has 0 amide bonds. The van der Waals surface area contributed by atoms with E-state index in [-0.39, 0.29) is 0 Å². The Morgan fingerprint density at radius 2 is 2.05 bits per heavy atom. The Balaban J connectivity index is 2.10. The van der Waals surface area contributed by atoms with Gasteiger partial charge < -0.3 is 4.57 Å². The molecule has 0 N–H and O–H groups in total. The standard InChI is InChI=1S/C13H9Br2ClN2S/c14-8-1-2-12-11(4-8)17-13(5-16)18(12)6-10-3-9(15)7-19-10/h1-4,7H,5-6H2. The van der Waals surface area contributed by atoms with Crippen LogP contribution in [0.4, 0.5) is 0 Å². The first-order chi connectivity index (χ1) is 9.17. The molecule has 2 aromatic heterocycles. The van der Waals surface area contributed by atoms with Crippen LogP contribution in [0.5, 0.6) is 0 Å². The topological polar surface area (TPSA) is 17.8 Å². The molecule has 0 saturated carbocycles. The average molecular weight is 421 g/mol. The van der Waals surface area contributed by atoms with Crippen molar-refractivity contribution >= 4 is 65.8 Å². The number of hydrogen-bond donors (Lipinski definition) is 0.